The van der Waals surface area contributed by atoms with Crippen molar-refractivity contribution in [1.29, 1.82) is 0 Å². The first-order valence-corrected chi connectivity index (χ1v) is 5.39. The molecule has 0 bridgehead atoms. The molecule has 0 radical (unpaired) electrons. The molecule has 0 aromatic heterocycles. The van der Waals surface area contributed by atoms with Crippen molar-refractivity contribution in [3.63, 3.8) is 0 Å². The number of rotatable bonds is 5. The predicted octanol–water partition coefficient (Wildman–Crippen LogP) is -1.18. The molecule has 1 saturated heterocycles. The van der Waals surface area contributed by atoms with Gasteiger partial charge in [0.1, 0.15) is 0 Å². The SMILES string of the molecule is CN(C)CCN1CCNC(CC(=O)O)C1=O. The van der Waals surface area contributed by atoms with Crippen molar-refractivity contribution < 1.29 is 14.7 Å². The number of amides is 1. The van der Waals surface area contributed by atoms with E-state index in [9.17, 15) is 9.59 Å². The van der Waals surface area contributed by atoms with E-state index < -0.39 is 12.0 Å². The van der Waals surface area contributed by atoms with Crippen LogP contribution in [-0.2, 0) is 9.59 Å². The lowest BCUT2D eigenvalue weighted by Gasteiger charge is -2.33. The van der Waals surface area contributed by atoms with Crippen LogP contribution in [0.1, 0.15) is 6.42 Å². The maximum Gasteiger partial charge on any atom is 0.305 e. The Morgan fingerprint density at radius 3 is 2.88 bits per heavy atom. The highest BCUT2D eigenvalue weighted by Crippen LogP contribution is 2.05. The van der Waals surface area contributed by atoms with Gasteiger partial charge in [-0.15, -0.1) is 0 Å². The minimum atomic E-state index is -0.944. The summed E-state index contributed by atoms with van der Waals surface area (Å²) in [5.74, 6) is -1.05. The monoisotopic (exact) mass is 229 g/mol. The number of carbonyl (C=O) groups is 2. The van der Waals surface area contributed by atoms with Gasteiger partial charge in [-0.1, -0.05) is 0 Å². The Hall–Kier alpha value is -1.14. The van der Waals surface area contributed by atoms with E-state index in [1.807, 2.05) is 19.0 Å². The Morgan fingerprint density at radius 1 is 1.62 bits per heavy atom. The van der Waals surface area contributed by atoms with Gasteiger partial charge >= 0.3 is 5.97 Å². The molecule has 0 aliphatic carbocycles. The van der Waals surface area contributed by atoms with Crippen molar-refractivity contribution in [3.8, 4) is 0 Å². The third kappa shape index (κ3) is 3.79. The van der Waals surface area contributed by atoms with Gasteiger partial charge in [-0.05, 0) is 14.1 Å². The molecule has 0 spiro atoms. The van der Waals surface area contributed by atoms with Crippen LogP contribution in [0, 0.1) is 0 Å². The number of hydrogen-bond donors (Lipinski definition) is 2. The fourth-order valence-corrected chi connectivity index (χ4v) is 1.67. The van der Waals surface area contributed by atoms with Crippen LogP contribution in [0.25, 0.3) is 0 Å². The van der Waals surface area contributed by atoms with Gasteiger partial charge in [-0.3, -0.25) is 9.59 Å². The maximum absolute atomic E-state index is 11.9. The average Bonchev–Trinajstić information content (AvgIpc) is 2.18. The lowest BCUT2D eigenvalue weighted by molar-refractivity contribution is -0.144. The van der Waals surface area contributed by atoms with Gasteiger partial charge in [-0.25, -0.2) is 0 Å². The van der Waals surface area contributed by atoms with Crippen molar-refractivity contribution in [1.82, 2.24) is 15.1 Å². The van der Waals surface area contributed by atoms with E-state index in [2.05, 4.69) is 5.32 Å². The third-order valence-electron chi connectivity index (χ3n) is 2.58. The summed E-state index contributed by atoms with van der Waals surface area (Å²) in [6.07, 6.45) is -0.142. The Labute approximate surface area is 95.2 Å². The summed E-state index contributed by atoms with van der Waals surface area (Å²) in [7, 11) is 3.89. The summed E-state index contributed by atoms with van der Waals surface area (Å²) in [5, 5.41) is 11.6. The van der Waals surface area contributed by atoms with Crippen LogP contribution >= 0.6 is 0 Å². The van der Waals surface area contributed by atoms with Crippen LogP contribution in [0.4, 0.5) is 0 Å². The van der Waals surface area contributed by atoms with E-state index in [1.54, 1.807) is 4.90 Å². The zero-order valence-electron chi connectivity index (χ0n) is 9.77. The molecule has 1 rings (SSSR count). The van der Waals surface area contributed by atoms with Crippen LogP contribution in [0.5, 0.6) is 0 Å². The van der Waals surface area contributed by atoms with Crippen LogP contribution in [0.3, 0.4) is 0 Å². The van der Waals surface area contributed by atoms with Crippen molar-refractivity contribution in [3.05, 3.63) is 0 Å². The molecule has 92 valence electrons. The van der Waals surface area contributed by atoms with E-state index >= 15 is 0 Å². The highest BCUT2D eigenvalue weighted by Gasteiger charge is 2.29. The Bertz CT molecular complexity index is 268. The van der Waals surface area contributed by atoms with E-state index in [-0.39, 0.29) is 12.3 Å². The van der Waals surface area contributed by atoms with Gasteiger partial charge in [0.05, 0.1) is 12.5 Å². The summed E-state index contributed by atoms with van der Waals surface area (Å²) in [6, 6.07) is -0.562. The molecular weight excluding hydrogens is 210 g/mol. The minimum Gasteiger partial charge on any atom is -0.481 e. The maximum atomic E-state index is 11.9. The van der Waals surface area contributed by atoms with Crippen LogP contribution in [0.15, 0.2) is 0 Å². The first kappa shape index (κ1) is 12.9. The third-order valence-corrected chi connectivity index (χ3v) is 2.58. The number of carbonyl (C=O) groups excluding carboxylic acids is 1. The van der Waals surface area contributed by atoms with E-state index in [1.165, 1.54) is 0 Å². The molecule has 1 fully saturated rings. The van der Waals surface area contributed by atoms with E-state index in [4.69, 9.17) is 5.11 Å². The van der Waals surface area contributed by atoms with Gasteiger partial charge < -0.3 is 20.2 Å². The van der Waals surface area contributed by atoms with Gasteiger partial charge in [-0.2, -0.15) is 0 Å². The Kier molecular flexibility index (Phi) is 4.70. The molecule has 0 aromatic rings. The first-order chi connectivity index (χ1) is 7.50. The fourth-order valence-electron chi connectivity index (χ4n) is 1.67. The molecule has 1 amide bonds. The molecule has 1 aliphatic heterocycles. The second-order valence-corrected chi connectivity index (χ2v) is 4.23. The van der Waals surface area contributed by atoms with Gasteiger partial charge in [0.25, 0.3) is 0 Å². The molecule has 0 aromatic carbocycles. The summed E-state index contributed by atoms with van der Waals surface area (Å²) in [4.78, 5) is 26.1. The summed E-state index contributed by atoms with van der Waals surface area (Å²) in [6.45, 7) is 2.77. The largest absolute Gasteiger partial charge is 0.481 e. The van der Waals surface area contributed by atoms with Gasteiger partial charge in [0.2, 0.25) is 5.91 Å². The lowest BCUT2D eigenvalue weighted by atomic mass is 10.1. The second kappa shape index (κ2) is 5.81. The number of hydrogen-bond acceptors (Lipinski definition) is 4. The smallest absolute Gasteiger partial charge is 0.305 e. The van der Waals surface area contributed by atoms with Gasteiger partial charge in [0, 0.05) is 26.2 Å². The van der Waals surface area contributed by atoms with Crippen LogP contribution in [0.2, 0.25) is 0 Å². The van der Waals surface area contributed by atoms with Crippen LogP contribution < -0.4 is 5.32 Å². The van der Waals surface area contributed by atoms with Crippen molar-refractivity contribution in [2.24, 2.45) is 0 Å². The number of aliphatic carboxylic acids is 1. The summed E-state index contributed by atoms with van der Waals surface area (Å²) >= 11 is 0. The molecule has 16 heavy (non-hydrogen) atoms. The summed E-state index contributed by atoms with van der Waals surface area (Å²) in [5.41, 5.74) is 0. The standard InChI is InChI=1S/C10H19N3O3/c1-12(2)5-6-13-4-3-11-8(10(13)16)7-9(14)15/h8,11H,3-7H2,1-2H3,(H,14,15). The van der Waals surface area contributed by atoms with E-state index in [0.29, 0.717) is 19.6 Å². The Morgan fingerprint density at radius 2 is 2.31 bits per heavy atom. The first-order valence-electron chi connectivity index (χ1n) is 5.39. The Balaban J connectivity index is 2.47. The molecule has 0 saturated carbocycles. The average molecular weight is 229 g/mol. The zero-order chi connectivity index (χ0) is 12.1. The van der Waals surface area contributed by atoms with Crippen molar-refractivity contribution >= 4 is 11.9 Å². The molecule has 2 N–H and O–H groups in total. The molecule has 1 heterocycles. The van der Waals surface area contributed by atoms with Crippen molar-refractivity contribution in [2.45, 2.75) is 12.5 Å². The zero-order valence-corrected chi connectivity index (χ0v) is 9.77. The fraction of sp³-hybridized carbons (Fsp3) is 0.800. The molecular formula is C10H19N3O3. The lowest BCUT2D eigenvalue weighted by Crippen LogP contribution is -2.56. The highest BCUT2D eigenvalue weighted by atomic mass is 16.4. The topological polar surface area (TPSA) is 72.9 Å². The predicted molar refractivity (Wildman–Crippen MR) is 59.2 cm³/mol. The number of piperazine rings is 1. The van der Waals surface area contributed by atoms with Gasteiger partial charge in [0.15, 0.2) is 0 Å². The molecule has 1 aliphatic rings. The molecule has 1 atom stereocenters. The normalized spacial score (nSPS) is 21.6. The minimum absolute atomic E-state index is 0.101. The number of carboxylic acids is 1. The highest BCUT2D eigenvalue weighted by molar-refractivity contribution is 5.86. The number of nitrogens with one attached hydrogen (secondary N) is 1. The van der Waals surface area contributed by atoms with Crippen LogP contribution in [-0.4, -0.2) is 73.1 Å². The number of carboxylic acid groups (broad SMARTS) is 1. The quantitative estimate of drug-likeness (QED) is 0.621. The van der Waals surface area contributed by atoms with E-state index in [0.717, 1.165) is 6.54 Å². The summed E-state index contributed by atoms with van der Waals surface area (Å²) < 4.78 is 0. The number of nitrogens with zero attached hydrogens (tertiary/aromatic N) is 2. The molecule has 6 heteroatoms. The van der Waals surface area contributed by atoms with Crippen molar-refractivity contribution in [2.75, 3.05) is 40.3 Å². The second-order valence-electron chi connectivity index (χ2n) is 4.23. The molecule has 6 nitrogen and oxygen atoms in total. The number of likely N-dealkylation sites (N-methyl/N-ethyl adjacent to an activating group) is 1. The molecule has 1 unspecified atom stereocenters.